The molecule has 102 valence electrons. The van der Waals surface area contributed by atoms with Crippen LogP contribution in [0.25, 0.3) is 0 Å². The second-order valence-corrected chi connectivity index (χ2v) is 4.57. The van der Waals surface area contributed by atoms with E-state index in [2.05, 4.69) is 5.32 Å². The first-order valence-corrected chi connectivity index (χ1v) is 5.81. The second-order valence-electron chi connectivity index (χ2n) is 4.57. The van der Waals surface area contributed by atoms with Crippen molar-refractivity contribution >= 4 is 11.6 Å². The van der Waals surface area contributed by atoms with E-state index in [4.69, 9.17) is 4.74 Å². The van der Waals surface area contributed by atoms with Crippen LogP contribution in [0.2, 0.25) is 0 Å². The highest BCUT2D eigenvalue weighted by atomic mass is 19.4. The van der Waals surface area contributed by atoms with Crippen LogP contribution in [0, 0.1) is 0 Å². The Kier molecular flexibility index (Phi) is 2.50. The number of hydrogen-bond acceptors (Lipinski definition) is 3. The number of nitrogens with one attached hydrogen (secondary N) is 1. The Hall–Kier alpha value is -1.76. The Bertz CT molecular complexity index is 526. The van der Waals surface area contributed by atoms with Gasteiger partial charge in [-0.05, 0) is 18.2 Å². The van der Waals surface area contributed by atoms with Crippen molar-refractivity contribution in [3.63, 3.8) is 0 Å². The number of benzene rings is 1. The molecule has 2 aliphatic heterocycles. The Labute approximate surface area is 107 Å². The molecule has 1 spiro atoms. The summed E-state index contributed by atoms with van der Waals surface area (Å²) in [4.78, 5) is 13.0. The molecule has 0 saturated carbocycles. The lowest BCUT2D eigenvalue weighted by Gasteiger charge is -2.35. The van der Waals surface area contributed by atoms with Crippen molar-refractivity contribution in [2.75, 3.05) is 18.1 Å². The summed E-state index contributed by atoms with van der Waals surface area (Å²) in [5, 5.41) is 2.66. The normalized spacial score (nSPS) is 26.5. The van der Waals surface area contributed by atoms with E-state index >= 15 is 0 Å². The SMILES string of the molecule is O=C1CCN(c2cccc(C(F)(F)F)c2)C2(CO2)N1. The predicted octanol–water partition coefficient (Wildman–Crippen LogP) is 1.72. The van der Waals surface area contributed by atoms with Crippen LogP contribution >= 0.6 is 0 Å². The van der Waals surface area contributed by atoms with Crippen molar-refractivity contribution in [3.05, 3.63) is 29.8 Å². The number of amides is 1. The summed E-state index contributed by atoms with van der Waals surface area (Å²) in [6, 6.07) is 5.02. The molecule has 0 bridgehead atoms. The molecule has 1 unspecified atom stereocenters. The molecule has 4 nitrogen and oxygen atoms in total. The lowest BCUT2D eigenvalue weighted by Crippen LogP contribution is -2.57. The van der Waals surface area contributed by atoms with Crippen molar-refractivity contribution in [2.24, 2.45) is 0 Å². The van der Waals surface area contributed by atoms with Crippen molar-refractivity contribution in [1.29, 1.82) is 0 Å². The molecule has 1 N–H and O–H groups in total. The van der Waals surface area contributed by atoms with Crippen LogP contribution in [0.4, 0.5) is 18.9 Å². The summed E-state index contributed by atoms with van der Waals surface area (Å²) in [6.45, 7) is 0.627. The van der Waals surface area contributed by atoms with Crippen molar-refractivity contribution in [1.82, 2.24) is 5.32 Å². The van der Waals surface area contributed by atoms with E-state index in [0.717, 1.165) is 12.1 Å². The largest absolute Gasteiger partial charge is 0.416 e. The van der Waals surface area contributed by atoms with E-state index in [9.17, 15) is 18.0 Å². The first-order chi connectivity index (χ1) is 8.91. The monoisotopic (exact) mass is 272 g/mol. The van der Waals surface area contributed by atoms with Gasteiger partial charge in [0.1, 0.15) is 6.61 Å². The number of ether oxygens (including phenoxy) is 1. The van der Waals surface area contributed by atoms with E-state index < -0.39 is 17.6 Å². The number of anilines is 1. The standard InChI is InChI=1S/C12H11F3N2O2/c13-12(14,15)8-2-1-3-9(6-8)17-5-4-10(18)16-11(17)7-19-11/h1-3,6H,4-5,7H2,(H,16,18). The lowest BCUT2D eigenvalue weighted by molar-refractivity contribution is -0.137. The molecule has 1 atom stereocenters. The van der Waals surface area contributed by atoms with E-state index in [1.165, 1.54) is 6.07 Å². The zero-order chi connectivity index (χ0) is 13.7. The average Bonchev–Trinajstić information content (AvgIpc) is 3.08. The minimum atomic E-state index is -4.38. The first kappa shape index (κ1) is 12.3. The zero-order valence-electron chi connectivity index (χ0n) is 9.83. The van der Waals surface area contributed by atoms with Gasteiger partial charge in [-0.2, -0.15) is 13.2 Å². The third kappa shape index (κ3) is 2.14. The number of carbonyl (C=O) groups excluding carboxylic acids is 1. The number of rotatable bonds is 1. The average molecular weight is 272 g/mol. The molecule has 7 heteroatoms. The Morgan fingerprint density at radius 3 is 2.74 bits per heavy atom. The molecule has 2 heterocycles. The number of nitrogens with zero attached hydrogens (tertiary/aromatic N) is 1. The molecule has 2 saturated heterocycles. The van der Waals surface area contributed by atoms with E-state index in [1.807, 2.05) is 0 Å². The molecule has 1 aromatic carbocycles. The van der Waals surface area contributed by atoms with E-state index in [0.29, 0.717) is 12.2 Å². The molecule has 0 aliphatic carbocycles. The fraction of sp³-hybridized carbons (Fsp3) is 0.417. The Balaban J connectivity index is 1.92. The maximum absolute atomic E-state index is 12.7. The van der Waals surface area contributed by atoms with Crippen LogP contribution in [0.5, 0.6) is 0 Å². The van der Waals surface area contributed by atoms with Crippen LogP contribution in [0.3, 0.4) is 0 Å². The van der Waals surface area contributed by atoms with Gasteiger partial charge in [-0.1, -0.05) is 6.07 Å². The molecule has 2 aliphatic rings. The summed E-state index contributed by atoms with van der Waals surface area (Å²) < 4.78 is 43.3. The number of hydrogen-bond donors (Lipinski definition) is 1. The van der Waals surface area contributed by atoms with Gasteiger partial charge in [0, 0.05) is 18.7 Å². The quantitative estimate of drug-likeness (QED) is 0.792. The van der Waals surface area contributed by atoms with Crippen LogP contribution in [-0.2, 0) is 15.7 Å². The summed E-state index contributed by atoms with van der Waals surface area (Å²) >= 11 is 0. The van der Waals surface area contributed by atoms with Gasteiger partial charge in [0.2, 0.25) is 11.8 Å². The van der Waals surface area contributed by atoms with Crippen LogP contribution in [0.1, 0.15) is 12.0 Å². The lowest BCUT2D eigenvalue weighted by atomic mass is 10.1. The number of carbonyl (C=O) groups is 1. The third-order valence-corrected chi connectivity index (χ3v) is 3.24. The van der Waals surface area contributed by atoms with Gasteiger partial charge in [0.05, 0.1) is 5.56 Å². The summed E-state index contributed by atoms with van der Waals surface area (Å²) in [7, 11) is 0. The maximum Gasteiger partial charge on any atom is 0.416 e. The molecule has 0 radical (unpaired) electrons. The molecule has 2 fully saturated rings. The van der Waals surface area contributed by atoms with Gasteiger partial charge in [0.25, 0.3) is 0 Å². The highest BCUT2D eigenvalue weighted by Crippen LogP contribution is 2.38. The van der Waals surface area contributed by atoms with Gasteiger partial charge in [-0.25, -0.2) is 0 Å². The Morgan fingerprint density at radius 1 is 1.37 bits per heavy atom. The summed E-state index contributed by atoms with van der Waals surface area (Å²) in [5.41, 5.74) is -0.315. The van der Waals surface area contributed by atoms with Crippen molar-refractivity contribution in [2.45, 2.75) is 18.4 Å². The Morgan fingerprint density at radius 2 is 2.11 bits per heavy atom. The molecular formula is C12H11F3N2O2. The molecular weight excluding hydrogens is 261 g/mol. The number of halogens is 3. The van der Waals surface area contributed by atoms with Gasteiger partial charge >= 0.3 is 6.18 Å². The van der Waals surface area contributed by atoms with Crippen molar-refractivity contribution < 1.29 is 22.7 Å². The predicted molar refractivity (Wildman–Crippen MR) is 60.2 cm³/mol. The fourth-order valence-corrected chi connectivity index (χ4v) is 2.23. The highest BCUT2D eigenvalue weighted by Gasteiger charge is 2.54. The van der Waals surface area contributed by atoms with E-state index in [1.54, 1.807) is 11.0 Å². The molecule has 1 aromatic rings. The summed E-state index contributed by atoms with van der Waals surface area (Å²) in [5.74, 6) is -1.10. The second kappa shape index (κ2) is 3.86. The zero-order valence-corrected chi connectivity index (χ0v) is 9.83. The maximum atomic E-state index is 12.7. The van der Waals surface area contributed by atoms with Gasteiger partial charge in [-0.3, -0.25) is 4.79 Å². The van der Waals surface area contributed by atoms with Crippen LogP contribution in [-0.4, -0.2) is 24.9 Å². The number of alkyl halides is 3. The van der Waals surface area contributed by atoms with Crippen molar-refractivity contribution in [3.8, 4) is 0 Å². The summed E-state index contributed by atoms with van der Waals surface area (Å²) in [6.07, 6.45) is -4.14. The highest BCUT2D eigenvalue weighted by molar-refractivity contribution is 5.80. The molecule has 19 heavy (non-hydrogen) atoms. The van der Waals surface area contributed by atoms with E-state index in [-0.39, 0.29) is 18.9 Å². The first-order valence-electron chi connectivity index (χ1n) is 5.81. The van der Waals surface area contributed by atoms with Crippen LogP contribution in [0.15, 0.2) is 24.3 Å². The minimum Gasteiger partial charge on any atom is -0.329 e. The number of epoxide rings is 1. The molecule has 1 amide bonds. The van der Waals surface area contributed by atoms with Crippen LogP contribution < -0.4 is 10.2 Å². The molecule has 0 aromatic heterocycles. The molecule has 3 rings (SSSR count). The van der Waals surface area contributed by atoms with Gasteiger partial charge in [0.15, 0.2) is 0 Å². The minimum absolute atomic E-state index is 0.152. The topological polar surface area (TPSA) is 44.9 Å². The van der Waals surface area contributed by atoms with Gasteiger partial charge in [-0.15, -0.1) is 0 Å². The van der Waals surface area contributed by atoms with Gasteiger partial charge < -0.3 is 15.0 Å². The third-order valence-electron chi connectivity index (χ3n) is 3.24. The smallest absolute Gasteiger partial charge is 0.329 e. The fourth-order valence-electron chi connectivity index (χ4n) is 2.23.